The number of Topliss-reactive ketones (excluding diaryl/α,β-unsaturated/α-hetero) is 1. The van der Waals surface area contributed by atoms with Crippen LogP contribution in [0.25, 0.3) is 0 Å². The van der Waals surface area contributed by atoms with Crippen LogP contribution in [0.15, 0.2) is 0 Å². The van der Waals surface area contributed by atoms with E-state index in [-0.39, 0.29) is 23.9 Å². The SMILES string of the molecule is CC(=O)C(N)CCCC(N)CCC(C)N. The van der Waals surface area contributed by atoms with Crippen molar-refractivity contribution in [3.05, 3.63) is 0 Å². The highest BCUT2D eigenvalue weighted by Crippen LogP contribution is 2.07. The summed E-state index contributed by atoms with van der Waals surface area (Å²) in [7, 11) is 0. The Hall–Kier alpha value is -0.450. The zero-order valence-electron chi connectivity index (χ0n) is 9.91. The average molecular weight is 215 g/mol. The topological polar surface area (TPSA) is 95.1 Å². The molecule has 0 radical (unpaired) electrons. The molecule has 0 spiro atoms. The first-order valence-electron chi connectivity index (χ1n) is 5.70. The van der Waals surface area contributed by atoms with Crippen LogP contribution in [0, 0.1) is 0 Å². The van der Waals surface area contributed by atoms with Crippen molar-refractivity contribution in [2.24, 2.45) is 17.2 Å². The number of rotatable bonds is 8. The molecule has 0 saturated carbocycles. The van der Waals surface area contributed by atoms with E-state index in [0.717, 1.165) is 32.1 Å². The maximum atomic E-state index is 10.9. The van der Waals surface area contributed by atoms with Crippen molar-refractivity contribution in [2.45, 2.75) is 64.1 Å². The summed E-state index contributed by atoms with van der Waals surface area (Å²) in [4.78, 5) is 10.9. The molecule has 3 unspecified atom stereocenters. The van der Waals surface area contributed by atoms with Gasteiger partial charge in [0.1, 0.15) is 5.78 Å². The van der Waals surface area contributed by atoms with Crippen molar-refractivity contribution in [3.63, 3.8) is 0 Å². The predicted octanol–water partition coefficient (Wildman–Crippen LogP) is 0.528. The molecule has 0 aromatic carbocycles. The van der Waals surface area contributed by atoms with Crippen LogP contribution in [0.5, 0.6) is 0 Å². The van der Waals surface area contributed by atoms with Crippen LogP contribution >= 0.6 is 0 Å². The largest absolute Gasteiger partial charge is 0.328 e. The molecule has 0 aliphatic carbocycles. The van der Waals surface area contributed by atoms with Crippen LogP contribution in [-0.2, 0) is 4.79 Å². The summed E-state index contributed by atoms with van der Waals surface area (Å²) in [5.41, 5.74) is 17.2. The molecule has 0 bridgehead atoms. The van der Waals surface area contributed by atoms with Crippen molar-refractivity contribution >= 4 is 5.78 Å². The number of carbonyl (C=O) groups is 1. The minimum Gasteiger partial charge on any atom is -0.328 e. The third-order valence-corrected chi connectivity index (χ3v) is 2.61. The van der Waals surface area contributed by atoms with E-state index >= 15 is 0 Å². The van der Waals surface area contributed by atoms with Gasteiger partial charge in [-0.15, -0.1) is 0 Å². The number of hydrogen-bond acceptors (Lipinski definition) is 4. The summed E-state index contributed by atoms with van der Waals surface area (Å²) in [5.74, 6) is 0.0548. The highest BCUT2D eigenvalue weighted by molar-refractivity contribution is 5.80. The molecule has 0 rings (SSSR count). The van der Waals surface area contributed by atoms with Gasteiger partial charge in [0.25, 0.3) is 0 Å². The summed E-state index contributed by atoms with van der Waals surface area (Å²) in [5, 5.41) is 0. The Balaban J connectivity index is 3.46. The van der Waals surface area contributed by atoms with Crippen LogP contribution < -0.4 is 17.2 Å². The van der Waals surface area contributed by atoms with Gasteiger partial charge in [0.15, 0.2) is 0 Å². The Morgan fingerprint density at radius 2 is 1.67 bits per heavy atom. The lowest BCUT2D eigenvalue weighted by Crippen LogP contribution is -2.29. The minimum atomic E-state index is -0.314. The molecule has 0 saturated heterocycles. The standard InChI is InChI=1S/C11H25N3O/c1-8(12)6-7-10(13)4-3-5-11(14)9(2)15/h8,10-11H,3-7,12-14H2,1-2H3. The summed E-state index contributed by atoms with van der Waals surface area (Å²) >= 11 is 0. The second kappa shape index (κ2) is 7.79. The third kappa shape index (κ3) is 8.54. The van der Waals surface area contributed by atoms with E-state index in [2.05, 4.69) is 0 Å². The lowest BCUT2D eigenvalue weighted by atomic mass is 10.0. The van der Waals surface area contributed by atoms with Gasteiger partial charge in [-0.1, -0.05) is 0 Å². The monoisotopic (exact) mass is 215 g/mol. The van der Waals surface area contributed by atoms with Crippen molar-refractivity contribution in [1.82, 2.24) is 0 Å². The summed E-state index contributed by atoms with van der Waals surface area (Å²) in [6.07, 6.45) is 4.49. The smallest absolute Gasteiger partial charge is 0.146 e. The van der Waals surface area contributed by atoms with E-state index in [0.29, 0.717) is 0 Å². The zero-order valence-corrected chi connectivity index (χ0v) is 9.91. The molecular formula is C11H25N3O. The van der Waals surface area contributed by atoms with Crippen LogP contribution in [0.1, 0.15) is 46.0 Å². The molecule has 15 heavy (non-hydrogen) atoms. The van der Waals surface area contributed by atoms with Crippen LogP contribution in [0.4, 0.5) is 0 Å². The minimum absolute atomic E-state index is 0.0548. The first kappa shape index (κ1) is 14.6. The maximum absolute atomic E-state index is 10.9. The molecule has 90 valence electrons. The van der Waals surface area contributed by atoms with Crippen molar-refractivity contribution in [2.75, 3.05) is 0 Å². The summed E-state index contributed by atoms with van der Waals surface area (Å²) in [6.45, 7) is 3.51. The molecule has 0 amide bonds. The fraction of sp³-hybridized carbons (Fsp3) is 0.909. The van der Waals surface area contributed by atoms with Gasteiger partial charge in [0, 0.05) is 12.1 Å². The molecule has 0 fully saturated rings. The highest BCUT2D eigenvalue weighted by atomic mass is 16.1. The Labute approximate surface area is 92.6 Å². The van der Waals surface area contributed by atoms with E-state index < -0.39 is 0 Å². The molecule has 4 nitrogen and oxygen atoms in total. The second-order valence-electron chi connectivity index (χ2n) is 4.46. The number of hydrogen-bond donors (Lipinski definition) is 3. The molecule has 0 aliphatic rings. The van der Waals surface area contributed by atoms with Gasteiger partial charge in [-0.3, -0.25) is 4.79 Å². The fourth-order valence-electron chi connectivity index (χ4n) is 1.42. The van der Waals surface area contributed by atoms with Gasteiger partial charge < -0.3 is 17.2 Å². The third-order valence-electron chi connectivity index (χ3n) is 2.61. The molecule has 3 atom stereocenters. The number of carbonyl (C=O) groups excluding carboxylic acids is 1. The van der Waals surface area contributed by atoms with E-state index in [1.54, 1.807) is 0 Å². The molecule has 0 aromatic rings. The Kier molecular flexibility index (Phi) is 7.56. The van der Waals surface area contributed by atoms with Gasteiger partial charge in [0.2, 0.25) is 0 Å². The van der Waals surface area contributed by atoms with Gasteiger partial charge in [-0.05, 0) is 46.0 Å². The Morgan fingerprint density at radius 1 is 1.07 bits per heavy atom. The fourth-order valence-corrected chi connectivity index (χ4v) is 1.42. The van der Waals surface area contributed by atoms with Crippen molar-refractivity contribution in [1.29, 1.82) is 0 Å². The van der Waals surface area contributed by atoms with E-state index in [1.807, 2.05) is 6.92 Å². The van der Waals surface area contributed by atoms with Gasteiger partial charge in [-0.2, -0.15) is 0 Å². The first-order valence-corrected chi connectivity index (χ1v) is 5.70. The molecule has 0 aliphatic heterocycles. The quantitative estimate of drug-likeness (QED) is 0.550. The Bertz CT molecular complexity index is 183. The molecular weight excluding hydrogens is 190 g/mol. The molecule has 4 heteroatoms. The van der Waals surface area contributed by atoms with Gasteiger partial charge >= 0.3 is 0 Å². The lowest BCUT2D eigenvalue weighted by molar-refractivity contribution is -0.118. The normalized spacial score (nSPS) is 17.1. The van der Waals surface area contributed by atoms with E-state index in [9.17, 15) is 4.79 Å². The molecule has 6 N–H and O–H groups in total. The first-order chi connectivity index (χ1) is 6.93. The van der Waals surface area contributed by atoms with Crippen LogP contribution in [-0.4, -0.2) is 23.9 Å². The molecule has 0 aromatic heterocycles. The van der Waals surface area contributed by atoms with E-state index in [4.69, 9.17) is 17.2 Å². The summed E-state index contributed by atoms with van der Waals surface area (Å²) < 4.78 is 0. The zero-order chi connectivity index (χ0) is 11.8. The van der Waals surface area contributed by atoms with E-state index in [1.165, 1.54) is 6.92 Å². The number of ketones is 1. The van der Waals surface area contributed by atoms with Crippen LogP contribution in [0.2, 0.25) is 0 Å². The summed E-state index contributed by atoms with van der Waals surface area (Å²) in [6, 6.07) is 0.0938. The lowest BCUT2D eigenvalue weighted by Gasteiger charge is -2.14. The van der Waals surface area contributed by atoms with Crippen molar-refractivity contribution in [3.8, 4) is 0 Å². The predicted molar refractivity (Wildman–Crippen MR) is 63.4 cm³/mol. The average Bonchev–Trinajstić information content (AvgIpc) is 2.14. The maximum Gasteiger partial charge on any atom is 0.146 e. The highest BCUT2D eigenvalue weighted by Gasteiger charge is 2.09. The van der Waals surface area contributed by atoms with Gasteiger partial charge in [0.05, 0.1) is 6.04 Å². The molecule has 0 heterocycles. The van der Waals surface area contributed by atoms with Crippen LogP contribution in [0.3, 0.4) is 0 Å². The number of nitrogens with two attached hydrogens (primary N) is 3. The Morgan fingerprint density at radius 3 is 2.13 bits per heavy atom. The second-order valence-corrected chi connectivity index (χ2v) is 4.46. The van der Waals surface area contributed by atoms with Crippen molar-refractivity contribution < 1.29 is 4.79 Å². The van der Waals surface area contributed by atoms with Gasteiger partial charge in [-0.25, -0.2) is 0 Å².